The van der Waals surface area contributed by atoms with E-state index in [9.17, 15) is 17.6 Å². The molecular formula is C7H4F4N4. The van der Waals surface area contributed by atoms with Gasteiger partial charge in [-0.05, 0) is 17.4 Å². The second-order valence-corrected chi connectivity index (χ2v) is 2.48. The zero-order valence-electron chi connectivity index (χ0n) is 7.09. The summed E-state index contributed by atoms with van der Waals surface area (Å²) in [6, 6.07) is -1.67. The molecule has 15 heavy (non-hydrogen) atoms. The second kappa shape index (κ2) is 4.05. The molecule has 80 valence electrons. The monoisotopic (exact) mass is 220 g/mol. The van der Waals surface area contributed by atoms with E-state index < -0.39 is 23.2 Å². The van der Waals surface area contributed by atoms with E-state index in [1.807, 2.05) is 4.91 Å². The van der Waals surface area contributed by atoms with E-state index >= 15 is 0 Å². The highest BCUT2D eigenvalue weighted by atomic mass is 19.3. The van der Waals surface area contributed by atoms with Crippen LogP contribution in [0.5, 0.6) is 0 Å². The highest BCUT2D eigenvalue weighted by Crippen LogP contribution is 2.28. The number of nitrogens with zero attached hydrogens (tertiary/aromatic N) is 3. The first kappa shape index (κ1) is 11.1. The normalized spacial score (nSPS) is 10.7. The van der Waals surface area contributed by atoms with Crippen LogP contribution in [0.1, 0.15) is 5.56 Å². The predicted octanol–water partition coefficient (Wildman–Crippen LogP) is 2.83. The van der Waals surface area contributed by atoms with Crippen molar-refractivity contribution in [3.63, 3.8) is 0 Å². The molecule has 0 atom stereocenters. The van der Waals surface area contributed by atoms with E-state index in [1.165, 1.54) is 0 Å². The van der Waals surface area contributed by atoms with Crippen LogP contribution in [0.3, 0.4) is 0 Å². The minimum Gasteiger partial charge on any atom is -0.204 e. The Morgan fingerprint density at radius 2 is 2.00 bits per heavy atom. The summed E-state index contributed by atoms with van der Waals surface area (Å²) in [5.41, 5.74) is 7.63. The summed E-state index contributed by atoms with van der Waals surface area (Å²) in [6.07, 6.45) is 0. The van der Waals surface area contributed by atoms with Crippen LogP contribution in [0.15, 0.2) is 23.4 Å². The number of hydrogen-bond acceptors (Lipinski definition) is 1. The first-order chi connectivity index (χ1) is 6.99. The quantitative estimate of drug-likeness (QED) is 0.209. The molecule has 0 saturated carbocycles. The van der Waals surface area contributed by atoms with Gasteiger partial charge in [0, 0.05) is 0 Å². The van der Waals surface area contributed by atoms with Gasteiger partial charge >= 0.3 is 6.05 Å². The molecule has 0 saturated heterocycles. The Bertz CT molecular complexity index is 413. The van der Waals surface area contributed by atoms with E-state index in [-0.39, 0.29) is 0 Å². The van der Waals surface area contributed by atoms with Gasteiger partial charge in [0.15, 0.2) is 11.6 Å². The summed E-state index contributed by atoms with van der Waals surface area (Å²) in [5, 5.41) is 2.38. The van der Waals surface area contributed by atoms with Crippen LogP contribution >= 0.6 is 0 Å². The molecule has 1 aromatic carbocycles. The third-order valence-corrected chi connectivity index (χ3v) is 1.53. The Morgan fingerprint density at radius 3 is 2.60 bits per heavy atom. The maximum absolute atomic E-state index is 13.0. The van der Waals surface area contributed by atoms with E-state index in [1.54, 1.807) is 0 Å². The van der Waals surface area contributed by atoms with Gasteiger partial charge in [-0.3, -0.25) is 0 Å². The maximum Gasteiger partial charge on any atom is 0.424 e. The molecule has 0 aliphatic carbocycles. The largest absolute Gasteiger partial charge is 0.424 e. The van der Waals surface area contributed by atoms with Crippen molar-refractivity contribution in [2.75, 3.05) is 0 Å². The standard InChI is InChI=1S/C7H4F4N4/c8-5-3-1-2-4(6(5)9)7(10,11)13-15-14-12/h1-3,13H. The number of benzene rings is 1. The van der Waals surface area contributed by atoms with Crippen molar-refractivity contribution in [1.29, 1.82) is 0 Å². The average Bonchev–Trinajstić information content (AvgIpc) is 2.19. The number of azide groups is 1. The fraction of sp³-hybridized carbons (Fsp3) is 0.143. The lowest BCUT2D eigenvalue weighted by Gasteiger charge is -2.12. The molecule has 0 heterocycles. The van der Waals surface area contributed by atoms with Gasteiger partial charge in [-0.15, -0.1) is 5.53 Å². The fourth-order valence-electron chi connectivity index (χ4n) is 0.892. The molecule has 0 amide bonds. The molecule has 1 N–H and O–H groups in total. The molecule has 0 unspecified atom stereocenters. The van der Waals surface area contributed by atoms with Crippen molar-refractivity contribution in [2.45, 2.75) is 6.05 Å². The molecule has 1 aromatic rings. The Hall–Kier alpha value is -1.95. The van der Waals surface area contributed by atoms with Crippen molar-refractivity contribution < 1.29 is 17.6 Å². The summed E-state index contributed by atoms with van der Waals surface area (Å²) in [7, 11) is 0. The van der Waals surface area contributed by atoms with E-state index in [4.69, 9.17) is 5.53 Å². The van der Waals surface area contributed by atoms with Gasteiger partial charge in [-0.25, -0.2) is 8.78 Å². The van der Waals surface area contributed by atoms with Crippen LogP contribution in [0.25, 0.3) is 10.4 Å². The summed E-state index contributed by atoms with van der Waals surface area (Å²) in [5.74, 6) is -3.10. The maximum atomic E-state index is 13.0. The minimum atomic E-state index is -3.96. The minimum absolute atomic E-state index is 0.679. The second-order valence-electron chi connectivity index (χ2n) is 2.48. The van der Waals surface area contributed by atoms with Crippen LogP contribution in [0, 0.1) is 11.6 Å². The van der Waals surface area contributed by atoms with Gasteiger partial charge in [-0.2, -0.15) is 19.1 Å². The van der Waals surface area contributed by atoms with Crippen molar-refractivity contribution in [3.8, 4) is 0 Å². The summed E-state index contributed by atoms with van der Waals surface area (Å²) >= 11 is 0. The van der Waals surface area contributed by atoms with Crippen LogP contribution in [0.4, 0.5) is 17.6 Å². The van der Waals surface area contributed by atoms with Gasteiger partial charge in [0.2, 0.25) is 0 Å². The number of nitrogens with one attached hydrogen (secondary N) is 1. The Morgan fingerprint density at radius 1 is 1.33 bits per heavy atom. The summed E-state index contributed by atoms with van der Waals surface area (Å²) in [4.78, 5) is 2.02. The Kier molecular flexibility index (Phi) is 3.01. The van der Waals surface area contributed by atoms with E-state index in [2.05, 4.69) is 5.22 Å². The molecule has 4 nitrogen and oxygen atoms in total. The highest BCUT2D eigenvalue weighted by molar-refractivity contribution is 5.22. The molecule has 0 aliphatic heterocycles. The first-order valence-corrected chi connectivity index (χ1v) is 3.62. The van der Waals surface area contributed by atoms with Crippen LogP contribution in [-0.4, -0.2) is 0 Å². The van der Waals surface area contributed by atoms with Crippen molar-refractivity contribution in [3.05, 3.63) is 45.8 Å². The number of hydrogen-bond donors (Lipinski definition) is 1. The third kappa shape index (κ3) is 2.29. The fourth-order valence-corrected chi connectivity index (χ4v) is 0.892. The van der Waals surface area contributed by atoms with Gasteiger partial charge in [0.1, 0.15) is 5.56 Å². The molecule has 0 radical (unpaired) electrons. The molecular weight excluding hydrogens is 216 g/mol. The molecule has 8 heteroatoms. The van der Waals surface area contributed by atoms with E-state index in [0.717, 1.165) is 11.5 Å². The molecule has 0 bridgehead atoms. The molecule has 0 aliphatic rings. The third-order valence-electron chi connectivity index (χ3n) is 1.53. The topological polar surface area (TPSA) is 60.8 Å². The van der Waals surface area contributed by atoms with Crippen molar-refractivity contribution >= 4 is 0 Å². The van der Waals surface area contributed by atoms with Crippen molar-refractivity contribution in [2.24, 2.45) is 5.22 Å². The van der Waals surface area contributed by atoms with E-state index in [0.29, 0.717) is 12.1 Å². The smallest absolute Gasteiger partial charge is 0.204 e. The lowest BCUT2D eigenvalue weighted by atomic mass is 10.2. The van der Waals surface area contributed by atoms with Gasteiger partial charge in [0.25, 0.3) is 0 Å². The molecule has 1 rings (SSSR count). The molecule has 0 spiro atoms. The zero-order chi connectivity index (χ0) is 11.5. The number of halogens is 4. The predicted molar refractivity (Wildman–Crippen MR) is 42.5 cm³/mol. The van der Waals surface area contributed by atoms with Gasteiger partial charge < -0.3 is 0 Å². The highest BCUT2D eigenvalue weighted by Gasteiger charge is 2.38. The SMILES string of the molecule is [N-]=[N+]=NNC(F)(F)c1cccc(F)c1F. The molecule has 0 fully saturated rings. The van der Waals surface area contributed by atoms with Crippen LogP contribution in [-0.2, 0) is 6.05 Å². The summed E-state index contributed by atoms with van der Waals surface area (Å²) in [6.45, 7) is 0. The van der Waals surface area contributed by atoms with Gasteiger partial charge in [0.05, 0.1) is 0 Å². The van der Waals surface area contributed by atoms with Crippen LogP contribution < -0.4 is 5.43 Å². The Labute approximate surface area is 81.1 Å². The Balaban J connectivity index is 3.14. The number of alkyl halides is 2. The lowest BCUT2D eigenvalue weighted by Crippen LogP contribution is -2.30. The first-order valence-electron chi connectivity index (χ1n) is 3.62. The van der Waals surface area contributed by atoms with Crippen molar-refractivity contribution in [1.82, 2.24) is 5.43 Å². The lowest BCUT2D eigenvalue weighted by molar-refractivity contribution is -0.0446. The zero-order valence-corrected chi connectivity index (χ0v) is 7.09. The molecule has 0 aromatic heterocycles. The van der Waals surface area contributed by atoms with Crippen LogP contribution in [0.2, 0.25) is 0 Å². The summed E-state index contributed by atoms with van der Waals surface area (Å²) < 4.78 is 51.5. The van der Waals surface area contributed by atoms with Gasteiger partial charge in [-0.1, -0.05) is 6.07 Å². The number of rotatable bonds is 3. The average molecular weight is 220 g/mol.